The van der Waals surface area contributed by atoms with Crippen molar-refractivity contribution >= 4 is 11.9 Å². The lowest BCUT2D eigenvalue weighted by molar-refractivity contribution is -0.143. The first-order valence-electron chi connectivity index (χ1n) is 6.38. The molecule has 4 heteroatoms. The molecular weight excluding hydrogens is 232 g/mol. The van der Waals surface area contributed by atoms with Crippen LogP contribution in [0.25, 0.3) is 0 Å². The standard InChI is InChI=1S/C14H22O4/c1-3-5-6-9-12(4-2)18-14(17)11-8-7-10-13(15)16/h7-8,10-12H,3-6,9H2,1-2H3,(H,15,16)/b10-7-,11-8-. The van der Waals surface area contributed by atoms with Crippen LogP contribution < -0.4 is 0 Å². The lowest BCUT2D eigenvalue weighted by atomic mass is 10.1. The molecule has 0 amide bonds. The number of aliphatic carboxylic acids is 1. The zero-order valence-electron chi connectivity index (χ0n) is 11.1. The molecule has 102 valence electrons. The third-order valence-corrected chi connectivity index (χ3v) is 2.45. The molecule has 0 spiro atoms. The SMILES string of the molecule is CCCCCC(CC)OC(=O)/C=C\C=C/C(=O)O. The smallest absolute Gasteiger partial charge is 0.331 e. The third-order valence-electron chi connectivity index (χ3n) is 2.45. The molecule has 0 rings (SSSR count). The highest BCUT2D eigenvalue weighted by Crippen LogP contribution is 2.10. The van der Waals surface area contributed by atoms with Gasteiger partial charge in [-0.3, -0.25) is 0 Å². The van der Waals surface area contributed by atoms with Crippen LogP contribution in [0.15, 0.2) is 24.3 Å². The number of carboxylic acid groups (broad SMARTS) is 1. The summed E-state index contributed by atoms with van der Waals surface area (Å²) >= 11 is 0. The Bertz CT molecular complexity index is 305. The van der Waals surface area contributed by atoms with E-state index in [1.807, 2.05) is 6.92 Å². The number of allylic oxidation sites excluding steroid dienone is 2. The maximum Gasteiger partial charge on any atom is 0.331 e. The molecule has 1 unspecified atom stereocenters. The number of unbranched alkanes of at least 4 members (excludes halogenated alkanes) is 2. The normalized spacial score (nSPS) is 13.0. The lowest BCUT2D eigenvalue weighted by Gasteiger charge is -2.14. The highest BCUT2D eigenvalue weighted by molar-refractivity contribution is 5.83. The van der Waals surface area contributed by atoms with Gasteiger partial charge in [-0.1, -0.05) is 38.8 Å². The summed E-state index contributed by atoms with van der Waals surface area (Å²) in [6.45, 7) is 4.11. The van der Waals surface area contributed by atoms with Crippen LogP contribution in [-0.4, -0.2) is 23.1 Å². The van der Waals surface area contributed by atoms with E-state index in [-0.39, 0.29) is 6.10 Å². The number of carboxylic acids is 1. The Morgan fingerprint density at radius 1 is 1.17 bits per heavy atom. The fourth-order valence-electron chi connectivity index (χ4n) is 1.44. The van der Waals surface area contributed by atoms with Gasteiger partial charge in [-0.25, -0.2) is 9.59 Å². The van der Waals surface area contributed by atoms with Gasteiger partial charge in [-0.05, 0) is 19.3 Å². The van der Waals surface area contributed by atoms with Crippen molar-refractivity contribution in [3.63, 3.8) is 0 Å². The molecule has 18 heavy (non-hydrogen) atoms. The van der Waals surface area contributed by atoms with Gasteiger partial charge in [0.05, 0.1) is 0 Å². The molecule has 1 N–H and O–H groups in total. The summed E-state index contributed by atoms with van der Waals surface area (Å²) in [6, 6.07) is 0. The van der Waals surface area contributed by atoms with E-state index in [2.05, 4.69) is 6.92 Å². The fourth-order valence-corrected chi connectivity index (χ4v) is 1.44. The summed E-state index contributed by atoms with van der Waals surface area (Å²) in [7, 11) is 0. The Balaban J connectivity index is 3.99. The van der Waals surface area contributed by atoms with Crippen molar-refractivity contribution in [2.75, 3.05) is 0 Å². The van der Waals surface area contributed by atoms with Crippen molar-refractivity contribution in [3.05, 3.63) is 24.3 Å². The maximum atomic E-state index is 11.4. The van der Waals surface area contributed by atoms with E-state index in [1.54, 1.807) is 0 Å². The van der Waals surface area contributed by atoms with Crippen molar-refractivity contribution in [3.8, 4) is 0 Å². The maximum absolute atomic E-state index is 11.4. The predicted molar refractivity (Wildman–Crippen MR) is 70.2 cm³/mol. The van der Waals surface area contributed by atoms with Gasteiger partial charge in [0.25, 0.3) is 0 Å². The molecule has 0 fully saturated rings. The van der Waals surface area contributed by atoms with Crippen molar-refractivity contribution < 1.29 is 19.4 Å². The van der Waals surface area contributed by atoms with Gasteiger partial charge in [0, 0.05) is 12.2 Å². The molecule has 0 aromatic heterocycles. The minimum atomic E-state index is -1.04. The molecule has 0 saturated carbocycles. The highest BCUT2D eigenvalue weighted by atomic mass is 16.5. The van der Waals surface area contributed by atoms with Crippen molar-refractivity contribution in [2.45, 2.75) is 52.1 Å². The first-order chi connectivity index (χ1) is 8.60. The molecule has 0 aliphatic rings. The Kier molecular flexibility index (Phi) is 9.64. The van der Waals surface area contributed by atoms with Gasteiger partial charge < -0.3 is 9.84 Å². The summed E-state index contributed by atoms with van der Waals surface area (Å²) in [4.78, 5) is 21.6. The number of rotatable bonds is 9. The zero-order valence-corrected chi connectivity index (χ0v) is 11.1. The third kappa shape index (κ3) is 9.63. The van der Waals surface area contributed by atoms with Crippen LogP contribution in [-0.2, 0) is 14.3 Å². The lowest BCUT2D eigenvalue weighted by Crippen LogP contribution is -2.15. The summed E-state index contributed by atoms with van der Waals surface area (Å²) in [5, 5.41) is 8.35. The van der Waals surface area contributed by atoms with E-state index >= 15 is 0 Å². The molecule has 0 aromatic rings. The van der Waals surface area contributed by atoms with Crippen molar-refractivity contribution in [1.29, 1.82) is 0 Å². The minimum Gasteiger partial charge on any atom is -0.478 e. The Morgan fingerprint density at radius 3 is 2.39 bits per heavy atom. The van der Waals surface area contributed by atoms with Gasteiger partial charge in [-0.15, -0.1) is 0 Å². The Morgan fingerprint density at radius 2 is 1.83 bits per heavy atom. The Hall–Kier alpha value is -1.58. The fraction of sp³-hybridized carbons (Fsp3) is 0.571. The van der Waals surface area contributed by atoms with Crippen LogP contribution in [0.4, 0.5) is 0 Å². The highest BCUT2D eigenvalue weighted by Gasteiger charge is 2.09. The van der Waals surface area contributed by atoms with Gasteiger partial charge in [-0.2, -0.15) is 0 Å². The van der Waals surface area contributed by atoms with E-state index in [0.29, 0.717) is 0 Å². The first kappa shape index (κ1) is 16.4. The molecule has 0 bridgehead atoms. The monoisotopic (exact) mass is 254 g/mol. The van der Waals surface area contributed by atoms with E-state index in [1.165, 1.54) is 18.2 Å². The molecule has 0 saturated heterocycles. The van der Waals surface area contributed by atoms with Gasteiger partial charge >= 0.3 is 11.9 Å². The van der Waals surface area contributed by atoms with Crippen LogP contribution in [0.5, 0.6) is 0 Å². The second kappa shape index (κ2) is 10.6. The topological polar surface area (TPSA) is 63.6 Å². The van der Waals surface area contributed by atoms with Crippen LogP contribution in [0.1, 0.15) is 46.0 Å². The largest absolute Gasteiger partial charge is 0.478 e. The summed E-state index contributed by atoms with van der Waals surface area (Å²) in [6.07, 6.45) is 9.85. The summed E-state index contributed by atoms with van der Waals surface area (Å²) in [5.41, 5.74) is 0. The van der Waals surface area contributed by atoms with E-state index in [0.717, 1.165) is 38.2 Å². The molecule has 0 heterocycles. The van der Waals surface area contributed by atoms with E-state index < -0.39 is 11.9 Å². The van der Waals surface area contributed by atoms with Crippen molar-refractivity contribution in [2.24, 2.45) is 0 Å². The average molecular weight is 254 g/mol. The number of ether oxygens (including phenoxy) is 1. The van der Waals surface area contributed by atoms with Crippen molar-refractivity contribution in [1.82, 2.24) is 0 Å². The second-order valence-electron chi connectivity index (χ2n) is 4.02. The molecule has 0 radical (unpaired) electrons. The van der Waals surface area contributed by atoms with Crippen LogP contribution in [0.3, 0.4) is 0 Å². The number of hydrogen-bond donors (Lipinski definition) is 1. The van der Waals surface area contributed by atoms with Gasteiger partial charge in [0.1, 0.15) is 6.10 Å². The Labute approximate surface area is 108 Å². The van der Waals surface area contributed by atoms with E-state index in [4.69, 9.17) is 9.84 Å². The number of hydrogen-bond acceptors (Lipinski definition) is 3. The molecule has 0 aliphatic carbocycles. The average Bonchev–Trinajstić information content (AvgIpc) is 2.33. The molecule has 4 nitrogen and oxygen atoms in total. The molecule has 0 aromatic carbocycles. The van der Waals surface area contributed by atoms with Crippen LogP contribution in [0, 0.1) is 0 Å². The van der Waals surface area contributed by atoms with Gasteiger partial charge in [0.2, 0.25) is 0 Å². The summed E-state index contributed by atoms with van der Waals surface area (Å²) < 4.78 is 5.25. The predicted octanol–water partition coefficient (Wildman–Crippen LogP) is 3.09. The number of esters is 1. The first-order valence-corrected chi connectivity index (χ1v) is 6.38. The van der Waals surface area contributed by atoms with Crippen LogP contribution in [0.2, 0.25) is 0 Å². The molecular formula is C14H22O4. The van der Waals surface area contributed by atoms with Gasteiger partial charge in [0.15, 0.2) is 0 Å². The second-order valence-corrected chi connectivity index (χ2v) is 4.02. The molecule has 0 aliphatic heterocycles. The van der Waals surface area contributed by atoms with E-state index in [9.17, 15) is 9.59 Å². The minimum absolute atomic E-state index is 0.0443. The molecule has 1 atom stereocenters. The zero-order chi connectivity index (χ0) is 13.8. The number of carbonyl (C=O) groups is 2. The summed E-state index contributed by atoms with van der Waals surface area (Å²) in [5.74, 6) is -1.47. The quantitative estimate of drug-likeness (QED) is 0.297. The number of carbonyl (C=O) groups excluding carboxylic acids is 1. The van der Waals surface area contributed by atoms with Crippen LogP contribution >= 0.6 is 0 Å².